The van der Waals surface area contributed by atoms with Gasteiger partial charge < -0.3 is 9.08 Å². The van der Waals surface area contributed by atoms with Crippen LogP contribution in [0.1, 0.15) is 9.67 Å². The summed E-state index contributed by atoms with van der Waals surface area (Å²) in [5.74, 6) is 0.310. The van der Waals surface area contributed by atoms with E-state index in [1.54, 1.807) is 30.3 Å². The maximum Gasteiger partial charge on any atom is 0.310 e. The number of hydrogen-bond donors (Lipinski definition) is 0. The largest absolute Gasteiger partial charge is 0.382 e. The number of nitrogens with zero attached hydrogens (tertiary/aromatic N) is 2. The van der Waals surface area contributed by atoms with Gasteiger partial charge in [0, 0.05) is 32.7 Å². The molecule has 1 saturated heterocycles. The van der Waals surface area contributed by atoms with Crippen LogP contribution in [0.4, 0.5) is 0 Å². The molecule has 0 saturated carbocycles. The molecule has 1 fully saturated rings. The zero-order valence-corrected chi connectivity index (χ0v) is 15.3. The first-order valence-corrected chi connectivity index (χ1v) is 10.5. The number of rotatable bonds is 6. The monoisotopic (exact) mass is 380 g/mol. The lowest BCUT2D eigenvalue weighted by Crippen LogP contribution is -2.49. The van der Waals surface area contributed by atoms with Crippen molar-refractivity contribution in [1.82, 2.24) is 9.80 Å². The molecule has 8 heteroatoms. The van der Waals surface area contributed by atoms with E-state index in [1.807, 2.05) is 27.3 Å². The quantitative estimate of drug-likeness (QED) is 0.716. The lowest BCUT2D eigenvalue weighted by atomic mass is 10.3. The molecule has 0 spiro atoms. The second-order valence-corrected chi connectivity index (χ2v) is 8.41. The molecule has 0 N–H and O–H groups in total. The van der Waals surface area contributed by atoms with Crippen molar-refractivity contribution in [1.29, 1.82) is 0 Å². The van der Waals surface area contributed by atoms with Crippen molar-refractivity contribution in [2.45, 2.75) is 0 Å². The lowest BCUT2D eigenvalue weighted by molar-refractivity contribution is 0.0648. The number of thiophene rings is 1. The van der Waals surface area contributed by atoms with Gasteiger partial charge in [0.2, 0.25) is 0 Å². The Morgan fingerprint density at radius 1 is 1.04 bits per heavy atom. The topological polar surface area (TPSA) is 66.9 Å². The number of piperazine rings is 1. The zero-order chi connectivity index (χ0) is 17.7. The van der Waals surface area contributed by atoms with Crippen molar-refractivity contribution < 1.29 is 17.4 Å². The molecule has 134 valence electrons. The van der Waals surface area contributed by atoms with Gasteiger partial charge >= 0.3 is 10.1 Å². The maximum absolute atomic E-state index is 12.3. The minimum atomic E-state index is -3.62. The first kappa shape index (κ1) is 17.9. The predicted molar refractivity (Wildman–Crippen MR) is 97.5 cm³/mol. The molecule has 0 unspecified atom stereocenters. The van der Waals surface area contributed by atoms with E-state index < -0.39 is 10.1 Å². The third-order valence-electron chi connectivity index (χ3n) is 4.02. The number of amides is 1. The Balaban J connectivity index is 1.45. The van der Waals surface area contributed by atoms with Gasteiger partial charge in [-0.3, -0.25) is 9.69 Å². The molecule has 1 aromatic carbocycles. The standard InChI is InChI=1S/C17H20N2O4S2/c20-17(16-7-4-13-24-16)19-10-8-18(9-11-19)12-14-25(21,22)23-15-5-2-1-3-6-15/h1-7,13H,8-12,14H2. The Morgan fingerprint density at radius 3 is 2.40 bits per heavy atom. The van der Waals surface area contributed by atoms with Gasteiger partial charge in [-0.2, -0.15) is 8.42 Å². The molecule has 25 heavy (non-hydrogen) atoms. The van der Waals surface area contributed by atoms with E-state index >= 15 is 0 Å². The molecule has 0 atom stereocenters. The van der Waals surface area contributed by atoms with E-state index in [2.05, 4.69) is 0 Å². The summed E-state index contributed by atoms with van der Waals surface area (Å²) in [4.78, 5) is 16.9. The predicted octanol–water partition coefficient (Wildman–Crippen LogP) is 1.91. The van der Waals surface area contributed by atoms with Crippen LogP contribution in [-0.2, 0) is 10.1 Å². The van der Waals surface area contributed by atoms with Crippen LogP contribution >= 0.6 is 11.3 Å². The zero-order valence-electron chi connectivity index (χ0n) is 13.7. The van der Waals surface area contributed by atoms with Gasteiger partial charge in [-0.25, -0.2) is 0 Å². The third-order valence-corrected chi connectivity index (χ3v) is 6.00. The summed E-state index contributed by atoms with van der Waals surface area (Å²) in [5.41, 5.74) is 0. The Labute approximate surface area is 151 Å². The number of benzene rings is 1. The highest BCUT2D eigenvalue weighted by atomic mass is 32.2. The Hall–Kier alpha value is -1.90. The van der Waals surface area contributed by atoms with Gasteiger partial charge in [0.25, 0.3) is 5.91 Å². The fourth-order valence-electron chi connectivity index (χ4n) is 2.64. The van der Waals surface area contributed by atoms with Crippen molar-refractivity contribution in [3.8, 4) is 5.75 Å². The van der Waals surface area contributed by atoms with Gasteiger partial charge in [0.1, 0.15) is 5.75 Å². The van der Waals surface area contributed by atoms with Crippen molar-refractivity contribution in [3.63, 3.8) is 0 Å². The van der Waals surface area contributed by atoms with Crippen LogP contribution in [-0.4, -0.2) is 62.6 Å². The summed E-state index contributed by atoms with van der Waals surface area (Å²) >= 11 is 1.44. The molecule has 1 aliphatic rings. The summed E-state index contributed by atoms with van der Waals surface area (Å²) in [5, 5.41) is 1.89. The van der Waals surface area contributed by atoms with Crippen molar-refractivity contribution in [2.75, 3.05) is 38.5 Å². The molecule has 1 aromatic heterocycles. The lowest BCUT2D eigenvalue weighted by Gasteiger charge is -2.34. The SMILES string of the molecule is O=C(c1cccs1)N1CCN(CCS(=O)(=O)Oc2ccccc2)CC1. The Morgan fingerprint density at radius 2 is 1.76 bits per heavy atom. The van der Waals surface area contributed by atoms with Crippen molar-refractivity contribution in [2.24, 2.45) is 0 Å². The highest BCUT2D eigenvalue weighted by Crippen LogP contribution is 2.15. The van der Waals surface area contributed by atoms with Crippen molar-refractivity contribution in [3.05, 3.63) is 52.7 Å². The summed E-state index contributed by atoms with van der Waals surface area (Å²) in [7, 11) is -3.62. The molecule has 0 bridgehead atoms. The van der Waals surface area contributed by atoms with E-state index in [-0.39, 0.29) is 11.7 Å². The van der Waals surface area contributed by atoms with Gasteiger partial charge in [0.05, 0.1) is 10.6 Å². The van der Waals surface area contributed by atoms with Crippen LogP contribution in [0.5, 0.6) is 5.75 Å². The average Bonchev–Trinajstić information content (AvgIpc) is 3.15. The van der Waals surface area contributed by atoms with Crippen LogP contribution in [0, 0.1) is 0 Å². The van der Waals surface area contributed by atoms with Crippen LogP contribution in [0.2, 0.25) is 0 Å². The van der Waals surface area contributed by atoms with Gasteiger partial charge in [-0.1, -0.05) is 24.3 Å². The molecule has 2 heterocycles. The second-order valence-electron chi connectivity index (χ2n) is 5.77. The number of para-hydroxylation sites is 1. The molecular weight excluding hydrogens is 360 g/mol. The Bertz CT molecular complexity index is 783. The normalized spacial score (nSPS) is 15.9. The van der Waals surface area contributed by atoms with Crippen LogP contribution in [0.3, 0.4) is 0 Å². The molecule has 3 rings (SSSR count). The highest BCUT2D eigenvalue weighted by Gasteiger charge is 2.24. The first-order chi connectivity index (χ1) is 12.0. The van der Waals surface area contributed by atoms with Crippen LogP contribution in [0.25, 0.3) is 0 Å². The molecule has 1 aliphatic heterocycles. The van der Waals surface area contributed by atoms with Gasteiger partial charge in [0.15, 0.2) is 0 Å². The van der Waals surface area contributed by atoms with E-state index in [9.17, 15) is 13.2 Å². The summed E-state index contributed by atoms with van der Waals surface area (Å²) < 4.78 is 29.2. The summed E-state index contributed by atoms with van der Waals surface area (Å²) in [6, 6.07) is 12.2. The minimum Gasteiger partial charge on any atom is -0.382 e. The molecular formula is C17H20N2O4S2. The first-order valence-electron chi connectivity index (χ1n) is 8.06. The van der Waals surface area contributed by atoms with E-state index in [4.69, 9.17) is 4.18 Å². The smallest absolute Gasteiger partial charge is 0.310 e. The van der Waals surface area contributed by atoms with Gasteiger partial charge in [-0.15, -0.1) is 11.3 Å². The number of carbonyl (C=O) groups excluding carboxylic acids is 1. The fraction of sp³-hybridized carbons (Fsp3) is 0.353. The number of carbonyl (C=O) groups is 1. The van der Waals surface area contributed by atoms with Gasteiger partial charge in [-0.05, 0) is 23.6 Å². The molecule has 2 aromatic rings. The van der Waals surface area contributed by atoms with Crippen molar-refractivity contribution >= 4 is 27.4 Å². The highest BCUT2D eigenvalue weighted by molar-refractivity contribution is 7.87. The third kappa shape index (κ3) is 5.04. The van der Waals surface area contributed by atoms with E-state index in [0.717, 1.165) is 4.88 Å². The average molecular weight is 380 g/mol. The molecule has 1 amide bonds. The second kappa shape index (κ2) is 7.99. The van der Waals surface area contributed by atoms with E-state index in [0.29, 0.717) is 38.5 Å². The molecule has 0 aliphatic carbocycles. The maximum atomic E-state index is 12.3. The Kier molecular flexibility index (Phi) is 5.72. The summed E-state index contributed by atoms with van der Waals surface area (Å²) in [6.45, 7) is 2.94. The van der Waals surface area contributed by atoms with E-state index in [1.165, 1.54) is 11.3 Å². The fourth-order valence-corrected chi connectivity index (χ4v) is 4.30. The minimum absolute atomic E-state index is 0.0506. The van der Waals surface area contributed by atoms with Crippen LogP contribution in [0.15, 0.2) is 47.8 Å². The number of hydrogen-bond acceptors (Lipinski definition) is 6. The molecule has 0 radical (unpaired) electrons. The van der Waals surface area contributed by atoms with Crippen LogP contribution < -0.4 is 4.18 Å². The summed E-state index contributed by atoms with van der Waals surface area (Å²) in [6.07, 6.45) is 0. The molecule has 6 nitrogen and oxygen atoms in total.